The third-order valence-electron chi connectivity index (χ3n) is 6.36. The van der Waals surface area contributed by atoms with Gasteiger partial charge in [-0.1, -0.05) is 45.4 Å². The van der Waals surface area contributed by atoms with Crippen LogP contribution in [0.1, 0.15) is 69.7 Å². The van der Waals surface area contributed by atoms with Crippen molar-refractivity contribution in [1.82, 2.24) is 10.6 Å². The maximum Gasteiger partial charge on any atom is 0.251 e. The van der Waals surface area contributed by atoms with Gasteiger partial charge in [0.15, 0.2) is 0 Å². The standard InChI is InChI=1S/C23H36N2O2S/c1-5-23(2,3)18-11-13-19(14-12-18)24-22(27)20(15-16-28-4)25-21(26)17-9-7-6-8-10-17/h6-10,18-20H,5,11-16H2,1-4H3,(H,24,27)(H,25,26). The van der Waals surface area contributed by atoms with E-state index in [-0.39, 0.29) is 17.9 Å². The lowest BCUT2D eigenvalue weighted by molar-refractivity contribution is -0.124. The molecule has 1 atom stereocenters. The molecule has 5 heteroatoms. The lowest BCUT2D eigenvalue weighted by Gasteiger charge is -2.39. The highest BCUT2D eigenvalue weighted by Crippen LogP contribution is 2.40. The predicted octanol–water partition coefficient (Wildman–Crippen LogP) is 4.65. The largest absolute Gasteiger partial charge is 0.352 e. The number of hydrogen-bond acceptors (Lipinski definition) is 3. The van der Waals surface area contributed by atoms with E-state index in [0.29, 0.717) is 17.4 Å². The Bertz CT molecular complexity index is 625. The number of rotatable bonds is 9. The maximum atomic E-state index is 12.9. The van der Waals surface area contributed by atoms with Crippen LogP contribution in [0.5, 0.6) is 0 Å². The summed E-state index contributed by atoms with van der Waals surface area (Å²) in [6, 6.07) is 8.84. The zero-order valence-corrected chi connectivity index (χ0v) is 18.6. The minimum absolute atomic E-state index is 0.0449. The number of hydrogen-bond donors (Lipinski definition) is 2. The van der Waals surface area contributed by atoms with Crippen LogP contribution in [0.15, 0.2) is 30.3 Å². The molecule has 2 amide bonds. The van der Waals surface area contributed by atoms with E-state index in [1.165, 1.54) is 6.42 Å². The van der Waals surface area contributed by atoms with E-state index >= 15 is 0 Å². The van der Waals surface area contributed by atoms with Gasteiger partial charge in [-0.05, 0) is 67.6 Å². The Morgan fingerprint density at radius 2 is 1.79 bits per heavy atom. The molecule has 4 nitrogen and oxygen atoms in total. The van der Waals surface area contributed by atoms with Gasteiger partial charge in [0.25, 0.3) is 5.91 Å². The highest BCUT2D eigenvalue weighted by molar-refractivity contribution is 7.98. The molecule has 0 heterocycles. The molecule has 0 radical (unpaired) electrons. The zero-order chi connectivity index (χ0) is 20.6. The molecule has 1 saturated carbocycles. The fourth-order valence-electron chi connectivity index (χ4n) is 3.95. The average Bonchev–Trinajstić information content (AvgIpc) is 2.71. The first kappa shape index (κ1) is 22.8. The van der Waals surface area contributed by atoms with Crippen molar-refractivity contribution in [3.8, 4) is 0 Å². The molecule has 1 aromatic carbocycles. The van der Waals surface area contributed by atoms with Crippen molar-refractivity contribution in [1.29, 1.82) is 0 Å². The molecule has 0 aromatic heterocycles. The van der Waals surface area contributed by atoms with Crippen molar-refractivity contribution in [2.75, 3.05) is 12.0 Å². The van der Waals surface area contributed by atoms with Gasteiger partial charge in [0.05, 0.1) is 0 Å². The summed E-state index contributed by atoms with van der Waals surface area (Å²) in [6.45, 7) is 6.97. The zero-order valence-electron chi connectivity index (χ0n) is 17.8. The molecule has 28 heavy (non-hydrogen) atoms. The van der Waals surface area contributed by atoms with E-state index < -0.39 is 6.04 Å². The molecule has 156 valence electrons. The quantitative estimate of drug-likeness (QED) is 0.630. The predicted molar refractivity (Wildman–Crippen MR) is 119 cm³/mol. The number of carbonyl (C=O) groups is 2. The van der Waals surface area contributed by atoms with Crippen molar-refractivity contribution >= 4 is 23.6 Å². The van der Waals surface area contributed by atoms with E-state index in [9.17, 15) is 9.59 Å². The van der Waals surface area contributed by atoms with E-state index in [0.717, 1.165) is 37.4 Å². The second-order valence-corrected chi connectivity index (χ2v) is 9.56. The smallest absolute Gasteiger partial charge is 0.251 e. The monoisotopic (exact) mass is 404 g/mol. The van der Waals surface area contributed by atoms with Crippen molar-refractivity contribution < 1.29 is 9.59 Å². The molecular weight excluding hydrogens is 368 g/mol. The summed E-state index contributed by atoms with van der Waals surface area (Å²) in [6.07, 6.45) is 8.24. The third kappa shape index (κ3) is 6.54. The first-order chi connectivity index (χ1) is 13.4. The Labute approximate surface area is 174 Å². The molecule has 2 rings (SSSR count). The fourth-order valence-corrected chi connectivity index (χ4v) is 4.42. The van der Waals surface area contributed by atoms with Crippen LogP contribution in [-0.2, 0) is 4.79 Å². The molecule has 1 fully saturated rings. The van der Waals surface area contributed by atoms with Crippen LogP contribution in [0.25, 0.3) is 0 Å². The highest BCUT2D eigenvalue weighted by Gasteiger charge is 2.33. The maximum absolute atomic E-state index is 12.9. The molecule has 0 saturated heterocycles. The number of amides is 2. The van der Waals surface area contributed by atoms with Gasteiger partial charge in [0.2, 0.25) is 5.91 Å². The summed E-state index contributed by atoms with van der Waals surface area (Å²) in [5, 5.41) is 6.15. The Hall–Kier alpha value is -1.49. The van der Waals surface area contributed by atoms with Gasteiger partial charge < -0.3 is 10.6 Å². The van der Waals surface area contributed by atoms with Gasteiger partial charge in [0.1, 0.15) is 6.04 Å². The summed E-state index contributed by atoms with van der Waals surface area (Å²) in [5.41, 5.74) is 0.964. The van der Waals surface area contributed by atoms with Gasteiger partial charge >= 0.3 is 0 Å². The van der Waals surface area contributed by atoms with Crippen LogP contribution in [0.4, 0.5) is 0 Å². The van der Waals surface area contributed by atoms with Crippen molar-refractivity contribution in [2.24, 2.45) is 11.3 Å². The summed E-state index contributed by atoms with van der Waals surface area (Å²) in [7, 11) is 0. The SMILES string of the molecule is CCC(C)(C)C1CCC(NC(=O)C(CCSC)NC(=O)c2ccccc2)CC1. The molecule has 0 aliphatic heterocycles. The van der Waals surface area contributed by atoms with Crippen molar-refractivity contribution in [3.05, 3.63) is 35.9 Å². The molecule has 1 aliphatic rings. The van der Waals surface area contributed by atoms with E-state index in [1.807, 2.05) is 24.5 Å². The second kappa shape index (κ2) is 10.9. The minimum atomic E-state index is -0.482. The second-order valence-electron chi connectivity index (χ2n) is 8.57. The number of nitrogens with one attached hydrogen (secondary N) is 2. The van der Waals surface area contributed by atoms with Crippen LogP contribution >= 0.6 is 11.8 Å². The van der Waals surface area contributed by atoms with Crippen molar-refractivity contribution in [2.45, 2.75) is 71.4 Å². The van der Waals surface area contributed by atoms with Crippen LogP contribution in [-0.4, -0.2) is 35.9 Å². The fraction of sp³-hybridized carbons (Fsp3) is 0.652. The summed E-state index contributed by atoms with van der Waals surface area (Å²) >= 11 is 1.69. The Morgan fingerprint density at radius 3 is 2.36 bits per heavy atom. The lowest BCUT2D eigenvalue weighted by Crippen LogP contribution is -2.50. The molecule has 1 aliphatic carbocycles. The van der Waals surface area contributed by atoms with Crippen LogP contribution in [0.3, 0.4) is 0 Å². The normalized spacial score (nSPS) is 21.0. The minimum Gasteiger partial charge on any atom is -0.352 e. The van der Waals surface area contributed by atoms with E-state index in [4.69, 9.17) is 0 Å². The lowest BCUT2D eigenvalue weighted by atomic mass is 9.69. The summed E-state index contributed by atoms with van der Waals surface area (Å²) in [4.78, 5) is 25.4. The van der Waals surface area contributed by atoms with Gasteiger partial charge in [-0.15, -0.1) is 0 Å². The third-order valence-corrected chi connectivity index (χ3v) is 7.00. The van der Waals surface area contributed by atoms with Gasteiger partial charge in [-0.2, -0.15) is 11.8 Å². The molecule has 1 unspecified atom stereocenters. The van der Waals surface area contributed by atoms with Gasteiger partial charge in [-0.3, -0.25) is 9.59 Å². The number of thioether (sulfide) groups is 1. The topological polar surface area (TPSA) is 58.2 Å². The average molecular weight is 405 g/mol. The molecular formula is C23H36N2O2S. The van der Waals surface area contributed by atoms with Gasteiger partial charge in [-0.25, -0.2) is 0 Å². The van der Waals surface area contributed by atoms with Crippen molar-refractivity contribution in [3.63, 3.8) is 0 Å². The van der Waals surface area contributed by atoms with Crippen LogP contribution in [0, 0.1) is 11.3 Å². The molecule has 2 N–H and O–H groups in total. The van der Waals surface area contributed by atoms with E-state index in [1.54, 1.807) is 23.9 Å². The van der Waals surface area contributed by atoms with Gasteiger partial charge in [0, 0.05) is 11.6 Å². The Morgan fingerprint density at radius 1 is 1.14 bits per heavy atom. The first-order valence-electron chi connectivity index (χ1n) is 10.5. The molecule has 0 spiro atoms. The number of carbonyl (C=O) groups excluding carboxylic acids is 2. The molecule has 1 aromatic rings. The first-order valence-corrected chi connectivity index (χ1v) is 11.9. The number of benzene rings is 1. The van der Waals surface area contributed by atoms with Crippen LogP contribution in [0.2, 0.25) is 0 Å². The van der Waals surface area contributed by atoms with Crippen LogP contribution < -0.4 is 10.6 Å². The highest BCUT2D eigenvalue weighted by atomic mass is 32.2. The Kier molecular flexibility index (Phi) is 8.87. The molecule has 0 bridgehead atoms. The summed E-state index contributed by atoms with van der Waals surface area (Å²) in [5.74, 6) is 1.34. The summed E-state index contributed by atoms with van der Waals surface area (Å²) < 4.78 is 0. The Balaban J connectivity index is 1.91. The van der Waals surface area contributed by atoms with E-state index in [2.05, 4.69) is 31.4 Å².